The molecule has 1 unspecified atom stereocenters. The molecule has 27 heavy (non-hydrogen) atoms. The summed E-state index contributed by atoms with van der Waals surface area (Å²) in [7, 11) is 0. The monoisotopic (exact) mass is 370 g/mol. The summed E-state index contributed by atoms with van der Waals surface area (Å²) in [5, 5.41) is 0.570. The summed E-state index contributed by atoms with van der Waals surface area (Å²) >= 11 is 0. The van der Waals surface area contributed by atoms with Crippen molar-refractivity contribution in [3.63, 3.8) is 0 Å². The zero-order valence-corrected chi connectivity index (χ0v) is 15.0. The third-order valence-electron chi connectivity index (χ3n) is 5.17. The van der Waals surface area contributed by atoms with Gasteiger partial charge < -0.3 is 4.90 Å². The number of nitrogens with zero attached hydrogens (tertiary/aromatic N) is 3. The fourth-order valence-electron chi connectivity index (χ4n) is 3.58. The van der Waals surface area contributed by atoms with Crippen molar-refractivity contribution < 1.29 is 8.78 Å². The van der Waals surface area contributed by atoms with Crippen molar-refractivity contribution in [3.8, 4) is 0 Å². The largest absolute Gasteiger partial charge is 0.340 e. The fourth-order valence-corrected chi connectivity index (χ4v) is 3.58. The molecule has 0 aliphatic carbocycles. The van der Waals surface area contributed by atoms with Gasteiger partial charge in [-0.1, -0.05) is 18.2 Å². The van der Waals surface area contributed by atoms with E-state index in [4.69, 9.17) is 0 Å². The normalized spacial score (nSPS) is 16.6. The maximum absolute atomic E-state index is 14.1. The number of hydrogen-bond donors (Lipinski definition) is 1. The Morgan fingerprint density at radius 2 is 1.81 bits per heavy atom. The summed E-state index contributed by atoms with van der Waals surface area (Å²) < 4.78 is 27.2. The Morgan fingerprint density at radius 3 is 2.56 bits per heavy atom. The predicted octanol–water partition coefficient (Wildman–Crippen LogP) is 3.08. The van der Waals surface area contributed by atoms with Crippen LogP contribution in [0, 0.1) is 11.6 Å². The van der Waals surface area contributed by atoms with E-state index in [0.29, 0.717) is 48.6 Å². The molecule has 0 radical (unpaired) electrons. The second kappa shape index (κ2) is 7.08. The molecular weight excluding hydrogens is 350 g/mol. The van der Waals surface area contributed by atoms with Crippen molar-refractivity contribution in [2.24, 2.45) is 0 Å². The standard InChI is InChI=1S/C20H20F2N4O/c1-13(15-7-6-14(21)12-17(15)22)25-8-10-26(11-9-25)20-23-18-5-3-2-4-16(18)19(27)24-20/h2-7,12-13H,8-11H2,1H3,(H,23,24,27). The predicted molar refractivity (Wildman–Crippen MR) is 101 cm³/mol. The van der Waals surface area contributed by atoms with Crippen LogP contribution in [0.15, 0.2) is 47.3 Å². The van der Waals surface area contributed by atoms with Crippen molar-refractivity contribution in [3.05, 3.63) is 70.0 Å². The number of piperazine rings is 1. The van der Waals surface area contributed by atoms with E-state index in [1.165, 1.54) is 12.1 Å². The number of nitrogens with one attached hydrogen (secondary N) is 1. The van der Waals surface area contributed by atoms with Crippen molar-refractivity contribution in [2.75, 3.05) is 31.1 Å². The Kier molecular flexibility index (Phi) is 4.61. The molecule has 5 nitrogen and oxygen atoms in total. The van der Waals surface area contributed by atoms with Crippen LogP contribution in [0.1, 0.15) is 18.5 Å². The van der Waals surface area contributed by atoms with Gasteiger partial charge in [0.1, 0.15) is 11.6 Å². The second-order valence-electron chi connectivity index (χ2n) is 6.77. The van der Waals surface area contributed by atoms with E-state index in [9.17, 15) is 13.6 Å². The molecule has 2 aromatic carbocycles. The molecule has 1 aliphatic heterocycles. The van der Waals surface area contributed by atoms with Crippen LogP contribution in [0.2, 0.25) is 0 Å². The van der Waals surface area contributed by atoms with Gasteiger partial charge in [0.05, 0.1) is 10.9 Å². The van der Waals surface area contributed by atoms with Gasteiger partial charge in [-0.25, -0.2) is 13.8 Å². The highest BCUT2D eigenvalue weighted by Gasteiger charge is 2.25. The number of halogens is 2. The third-order valence-corrected chi connectivity index (χ3v) is 5.17. The Balaban J connectivity index is 1.50. The zero-order valence-electron chi connectivity index (χ0n) is 15.0. The smallest absolute Gasteiger partial charge is 0.260 e. The van der Waals surface area contributed by atoms with Crippen molar-refractivity contribution in [1.82, 2.24) is 14.9 Å². The van der Waals surface area contributed by atoms with Crippen LogP contribution < -0.4 is 10.5 Å². The van der Waals surface area contributed by atoms with Crippen molar-refractivity contribution >= 4 is 16.9 Å². The topological polar surface area (TPSA) is 52.2 Å². The number of aromatic nitrogens is 2. The van der Waals surface area contributed by atoms with Crippen LogP contribution in [0.4, 0.5) is 14.7 Å². The fraction of sp³-hybridized carbons (Fsp3) is 0.300. The first-order valence-corrected chi connectivity index (χ1v) is 8.96. The molecule has 7 heteroatoms. The second-order valence-corrected chi connectivity index (χ2v) is 6.77. The first-order valence-electron chi connectivity index (χ1n) is 8.96. The highest BCUT2D eigenvalue weighted by molar-refractivity contribution is 5.78. The van der Waals surface area contributed by atoms with Gasteiger partial charge in [0.2, 0.25) is 5.95 Å². The third kappa shape index (κ3) is 3.42. The van der Waals surface area contributed by atoms with Crippen LogP contribution in [-0.2, 0) is 0 Å². The summed E-state index contributed by atoms with van der Waals surface area (Å²) in [4.78, 5) is 23.8. The van der Waals surface area contributed by atoms with Gasteiger partial charge in [-0.2, -0.15) is 0 Å². The average molecular weight is 370 g/mol. The molecule has 1 fully saturated rings. The quantitative estimate of drug-likeness (QED) is 0.770. The Morgan fingerprint density at radius 1 is 1.07 bits per heavy atom. The number of H-pyrrole nitrogens is 1. The van der Waals surface area contributed by atoms with Crippen LogP contribution in [0.5, 0.6) is 0 Å². The maximum Gasteiger partial charge on any atom is 0.260 e. The number of benzene rings is 2. The van der Waals surface area contributed by atoms with Gasteiger partial charge in [0.25, 0.3) is 5.56 Å². The molecule has 4 rings (SSSR count). The summed E-state index contributed by atoms with van der Waals surface area (Å²) in [6, 6.07) is 10.8. The van der Waals surface area contributed by atoms with E-state index in [1.807, 2.05) is 30.0 Å². The van der Waals surface area contributed by atoms with Gasteiger partial charge >= 0.3 is 0 Å². The first kappa shape index (κ1) is 17.6. The van der Waals surface area contributed by atoms with Crippen molar-refractivity contribution in [1.29, 1.82) is 0 Å². The van der Waals surface area contributed by atoms with E-state index in [-0.39, 0.29) is 11.6 Å². The van der Waals surface area contributed by atoms with E-state index < -0.39 is 11.6 Å². The molecule has 1 saturated heterocycles. The molecule has 0 amide bonds. The Hall–Kier alpha value is -2.80. The molecule has 1 N–H and O–H groups in total. The summed E-state index contributed by atoms with van der Waals surface area (Å²) in [5.74, 6) is -0.538. The molecular formula is C20H20F2N4O. The molecule has 1 aliphatic rings. The van der Waals surface area contributed by atoms with E-state index in [0.717, 1.165) is 6.07 Å². The number of anilines is 1. The van der Waals surface area contributed by atoms with E-state index in [2.05, 4.69) is 14.9 Å². The lowest BCUT2D eigenvalue weighted by Crippen LogP contribution is -2.48. The van der Waals surface area contributed by atoms with Gasteiger partial charge in [-0.3, -0.25) is 14.7 Å². The number of fused-ring (bicyclic) bond motifs is 1. The molecule has 0 saturated carbocycles. The van der Waals surface area contributed by atoms with Crippen LogP contribution in [0.25, 0.3) is 10.9 Å². The van der Waals surface area contributed by atoms with Crippen LogP contribution in [0.3, 0.4) is 0 Å². The molecule has 140 valence electrons. The molecule has 2 heterocycles. The molecule has 1 atom stereocenters. The molecule has 3 aromatic rings. The average Bonchev–Trinajstić information content (AvgIpc) is 2.68. The SMILES string of the molecule is CC(c1ccc(F)cc1F)N1CCN(c2nc3ccccc3c(=O)[nH]2)CC1. The van der Waals surface area contributed by atoms with E-state index >= 15 is 0 Å². The zero-order chi connectivity index (χ0) is 19.0. The van der Waals surface area contributed by atoms with E-state index in [1.54, 1.807) is 6.07 Å². The van der Waals surface area contributed by atoms with Gasteiger partial charge in [-0.05, 0) is 25.1 Å². The van der Waals surface area contributed by atoms with Gasteiger partial charge in [0.15, 0.2) is 0 Å². The number of rotatable bonds is 3. The number of hydrogen-bond acceptors (Lipinski definition) is 4. The highest BCUT2D eigenvalue weighted by atomic mass is 19.1. The molecule has 0 spiro atoms. The van der Waals surface area contributed by atoms with Crippen LogP contribution >= 0.6 is 0 Å². The van der Waals surface area contributed by atoms with Gasteiger partial charge in [0, 0.05) is 43.9 Å². The minimum Gasteiger partial charge on any atom is -0.340 e. The lowest BCUT2D eigenvalue weighted by atomic mass is 10.1. The lowest BCUT2D eigenvalue weighted by Gasteiger charge is -2.38. The minimum atomic E-state index is -0.570. The Labute approximate surface area is 155 Å². The Bertz CT molecular complexity index is 1030. The van der Waals surface area contributed by atoms with Crippen molar-refractivity contribution in [2.45, 2.75) is 13.0 Å². The summed E-state index contributed by atoms with van der Waals surface area (Å²) in [6.45, 7) is 4.62. The first-order chi connectivity index (χ1) is 13.0. The summed E-state index contributed by atoms with van der Waals surface area (Å²) in [5.41, 5.74) is 1.00. The number of para-hydroxylation sites is 1. The lowest BCUT2D eigenvalue weighted by molar-refractivity contribution is 0.194. The summed E-state index contributed by atoms with van der Waals surface area (Å²) in [6.07, 6.45) is 0. The molecule has 0 bridgehead atoms. The number of aromatic amines is 1. The maximum atomic E-state index is 14.1. The highest BCUT2D eigenvalue weighted by Crippen LogP contribution is 2.25. The molecule has 1 aromatic heterocycles. The minimum absolute atomic E-state index is 0.153. The van der Waals surface area contributed by atoms with Crippen LogP contribution in [-0.4, -0.2) is 41.0 Å². The van der Waals surface area contributed by atoms with Gasteiger partial charge in [-0.15, -0.1) is 0 Å².